The van der Waals surface area contributed by atoms with Crippen molar-refractivity contribution in [3.63, 3.8) is 0 Å². The summed E-state index contributed by atoms with van der Waals surface area (Å²) >= 11 is 1.99. The van der Waals surface area contributed by atoms with Crippen molar-refractivity contribution in [2.24, 2.45) is 0 Å². The fraction of sp³-hybridized carbons (Fsp3) is 0. The van der Waals surface area contributed by atoms with Crippen molar-refractivity contribution in [3.05, 3.63) is 12.1 Å². The fourth-order valence-corrected chi connectivity index (χ4v) is 2.01. The summed E-state index contributed by atoms with van der Waals surface area (Å²) in [5.41, 5.74) is 0.934. The molecule has 0 saturated carbocycles. The predicted molar refractivity (Wildman–Crippen MR) is 47.1 cm³/mol. The second-order valence-corrected chi connectivity index (χ2v) is 4.67. The van der Waals surface area contributed by atoms with Gasteiger partial charge in [-0.1, -0.05) is 16.6 Å². The number of pyridine rings is 1. The van der Waals surface area contributed by atoms with E-state index in [2.05, 4.69) is 27.7 Å². The number of nitrogens with zero attached hydrogens (tertiary/aromatic N) is 4. The van der Waals surface area contributed by atoms with E-state index in [1.54, 1.807) is 0 Å². The third kappa shape index (κ3) is 1.09. The molecule has 0 radical (unpaired) electrons. The normalized spacial score (nSPS) is 10.5. The molecule has 0 aliphatic rings. The lowest BCUT2D eigenvalue weighted by Crippen LogP contribution is -2.21. The van der Waals surface area contributed by atoms with Gasteiger partial charge in [-0.2, -0.15) is 0 Å². The fourth-order valence-electron chi connectivity index (χ4n) is 1.06. The average molecular weight is 176 g/mol. The zero-order valence-corrected chi connectivity index (χ0v) is 10.4. The summed E-state index contributed by atoms with van der Waals surface area (Å²) in [6.45, 7) is 0. The minimum absolute atomic E-state index is 0.934. The molecule has 6 heteroatoms. The molecule has 0 fully saturated rings. The first kappa shape index (κ1) is 7.27. The van der Waals surface area contributed by atoms with E-state index in [1.165, 1.54) is 8.98 Å². The van der Waals surface area contributed by atoms with Gasteiger partial charge in [0.2, 0.25) is 0 Å². The summed E-state index contributed by atoms with van der Waals surface area (Å²) in [6.07, 6.45) is 0. The lowest BCUT2D eigenvalue weighted by atomic mass is 10.5. The molecule has 2 rings (SSSR count). The largest absolute Gasteiger partial charge is 0.290 e. The van der Waals surface area contributed by atoms with Crippen LogP contribution >= 0.6 is 0 Å². The Morgan fingerprint density at radius 3 is 2.82 bits per heavy atom. The highest BCUT2D eigenvalue weighted by Gasteiger charge is 2.00. The molecule has 0 bridgehead atoms. The van der Waals surface area contributed by atoms with Crippen LogP contribution in [0.2, 0.25) is 0 Å². The topological polar surface area (TPSA) is 43.1 Å². The van der Waals surface area contributed by atoms with E-state index < -0.39 is 0 Å². The molecule has 2 aromatic heterocycles. The molecule has 52 valence electrons. The number of hydrogen-bond acceptors (Lipinski definition) is 3. The summed E-state index contributed by atoms with van der Waals surface area (Å²) in [5, 5.41) is 11.5. The van der Waals surface area contributed by atoms with Crippen LogP contribution in [0.1, 0.15) is 0 Å². The molecular weight excluding hydrogens is 170 g/mol. The molecule has 2 aromatic rings. The summed E-state index contributed by atoms with van der Waals surface area (Å²) in [6, 6.07) is 4.21. The number of rotatable bonds is 0. The maximum atomic E-state index is 3.94. The van der Waals surface area contributed by atoms with E-state index in [0.717, 1.165) is 38.2 Å². The maximum absolute atomic E-state index is 3.94. The average Bonchev–Trinajstić information content (AvgIpc) is 2.45. The second-order valence-electron chi connectivity index (χ2n) is 2.57. The number of hydrogen-bond donors (Lipinski definition) is 0. The van der Waals surface area contributed by atoms with E-state index >= 15 is 0 Å². The molecule has 0 unspecified atom stereocenters. The van der Waals surface area contributed by atoms with Crippen molar-refractivity contribution >= 4 is 47.2 Å². The van der Waals surface area contributed by atoms with Crippen LogP contribution in [-0.4, -0.2) is 52.6 Å². The van der Waals surface area contributed by atoms with Gasteiger partial charge in [-0.15, -0.1) is 5.10 Å². The Hall–Kier alpha value is -0.385. The lowest BCUT2D eigenvalue weighted by Gasteiger charge is -1.98. The van der Waals surface area contributed by atoms with Crippen LogP contribution in [0, 0.1) is 0 Å². The minimum Gasteiger partial charge on any atom is -0.217 e. The Labute approximate surface area is 79.4 Å². The van der Waals surface area contributed by atoms with Gasteiger partial charge in [-0.25, -0.2) is 4.52 Å². The van der Waals surface area contributed by atoms with Gasteiger partial charge < -0.3 is 0 Å². The van der Waals surface area contributed by atoms with Crippen LogP contribution in [0.4, 0.5) is 0 Å². The van der Waals surface area contributed by atoms with Crippen molar-refractivity contribution in [2.75, 3.05) is 0 Å². The van der Waals surface area contributed by atoms with Crippen LogP contribution in [-0.2, 0) is 0 Å². The van der Waals surface area contributed by atoms with Gasteiger partial charge in [0.1, 0.15) is 0 Å². The molecule has 11 heavy (non-hydrogen) atoms. The third-order valence-electron chi connectivity index (χ3n) is 1.73. The molecule has 0 saturated heterocycles. The van der Waals surface area contributed by atoms with Gasteiger partial charge >= 0.3 is 0 Å². The van der Waals surface area contributed by atoms with Crippen molar-refractivity contribution < 1.29 is 0 Å². The summed E-state index contributed by atoms with van der Waals surface area (Å²) < 4.78 is 4.30. The standard InChI is InChI=1S/C5H2N4.2Al.4H/c1-2-4-9-5(3-1)6-7-8-9;;;;;;/h1-2H;;;;;;. The molecule has 4 nitrogen and oxygen atoms in total. The smallest absolute Gasteiger partial charge is 0.217 e. The van der Waals surface area contributed by atoms with Crippen LogP contribution < -0.4 is 8.98 Å². The predicted octanol–water partition coefficient (Wildman–Crippen LogP) is -3.36. The Morgan fingerprint density at radius 1 is 1.27 bits per heavy atom. The molecular formula is C5H6Al2N4. The molecule has 0 spiro atoms. The quantitative estimate of drug-likeness (QED) is 0.394. The first-order chi connectivity index (χ1) is 5.29. The number of aromatic nitrogens is 4. The SMILES string of the molecule is [AlH2][c]1cc[c]([AlH2])n2nnnc12. The molecule has 0 amide bonds. The number of fused-ring (bicyclic) bond motifs is 1. The Balaban J connectivity index is 2.96. The van der Waals surface area contributed by atoms with Gasteiger partial charge in [0, 0.05) is 0 Å². The highest BCUT2D eigenvalue weighted by atomic mass is 27.1. The molecule has 0 aromatic carbocycles. The summed E-state index contributed by atoms with van der Waals surface area (Å²) in [7, 11) is 0. The third-order valence-corrected chi connectivity index (χ3v) is 3.27. The van der Waals surface area contributed by atoms with Crippen molar-refractivity contribution in [1.29, 1.82) is 0 Å². The Bertz CT molecular complexity index is 360. The first-order valence-corrected chi connectivity index (χ1v) is 5.43. The van der Waals surface area contributed by atoms with Crippen molar-refractivity contribution in [2.45, 2.75) is 0 Å². The molecule has 0 atom stereocenters. The Morgan fingerprint density at radius 2 is 2.09 bits per heavy atom. The van der Waals surface area contributed by atoms with E-state index in [-0.39, 0.29) is 0 Å². The van der Waals surface area contributed by atoms with Gasteiger partial charge in [0.25, 0.3) is 32.6 Å². The summed E-state index contributed by atoms with van der Waals surface area (Å²) in [5.74, 6) is 0. The maximum Gasteiger partial charge on any atom is 0.290 e. The number of tetrazole rings is 1. The van der Waals surface area contributed by atoms with E-state index in [1.807, 2.05) is 4.52 Å². The zero-order chi connectivity index (χ0) is 7.84. The highest BCUT2D eigenvalue weighted by molar-refractivity contribution is 6.37. The molecule has 0 aliphatic carbocycles. The Kier molecular flexibility index (Phi) is 1.71. The van der Waals surface area contributed by atoms with Gasteiger partial charge in [0.15, 0.2) is 5.65 Å². The summed E-state index contributed by atoms with van der Waals surface area (Å²) in [4.78, 5) is 0. The highest BCUT2D eigenvalue weighted by Crippen LogP contribution is 1.85. The van der Waals surface area contributed by atoms with Crippen LogP contribution in [0.3, 0.4) is 0 Å². The zero-order valence-electron chi connectivity index (χ0n) is 6.44. The molecule has 0 aliphatic heterocycles. The minimum atomic E-state index is 0.934. The monoisotopic (exact) mass is 176 g/mol. The van der Waals surface area contributed by atoms with Crippen LogP contribution in [0.5, 0.6) is 0 Å². The van der Waals surface area contributed by atoms with Gasteiger partial charge in [-0.3, -0.25) is 0 Å². The first-order valence-electron chi connectivity index (χ1n) is 3.43. The van der Waals surface area contributed by atoms with Crippen LogP contribution in [0.15, 0.2) is 12.1 Å². The van der Waals surface area contributed by atoms with Crippen molar-refractivity contribution in [1.82, 2.24) is 20.0 Å². The molecule has 0 N–H and O–H groups in total. The van der Waals surface area contributed by atoms with E-state index in [9.17, 15) is 0 Å². The second kappa shape index (κ2) is 2.58. The van der Waals surface area contributed by atoms with E-state index in [0.29, 0.717) is 0 Å². The lowest BCUT2D eigenvalue weighted by molar-refractivity contribution is 0.837. The molecule has 2 heterocycles. The van der Waals surface area contributed by atoms with Crippen LogP contribution in [0.25, 0.3) is 5.65 Å². The van der Waals surface area contributed by atoms with E-state index in [4.69, 9.17) is 0 Å². The van der Waals surface area contributed by atoms with Gasteiger partial charge in [0.05, 0.1) is 0 Å². The van der Waals surface area contributed by atoms with Gasteiger partial charge in [-0.05, 0) is 15.0 Å². The van der Waals surface area contributed by atoms with Crippen molar-refractivity contribution in [3.8, 4) is 0 Å².